The zero-order valence-electron chi connectivity index (χ0n) is 15.7. The van der Waals surface area contributed by atoms with Gasteiger partial charge in [-0.2, -0.15) is 0 Å². The van der Waals surface area contributed by atoms with Gasteiger partial charge in [0.2, 0.25) is 11.8 Å². The SMILES string of the molecule is CCN(C(=O)CN(C(C)=O)c1ccc(C(C)=O)cc1)c1cccc(C)c1. The van der Waals surface area contributed by atoms with Crippen molar-refractivity contribution in [3.63, 3.8) is 0 Å². The van der Waals surface area contributed by atoms with Crippen LogP contribution >= 0.6 is 0 Å². The monoisotopic (exact) mass is 352 g/mol. The van der Waals surface area contributed by atoms with Crippen LogP contribution < -0.4 is 9.80 Å². The van der Waals surface area contributed by atoms with Gasteiger partial charge in [-0.15, -0.1) is 0 Å². The summed E-state index contributed by atoms with van der Waals surface area (Å²) in [5.41, 5.74) is 3.04. The fourth-order valence-electron chi connectivity index (χ4n) is 2.78. The van der Waals surface area contributed by atoms with Crippen LogP contribution in [-0.2, 0) is 9.59 Å². The first-order valence-corrected chi connectivity index (χ1v) is 8.59. The summed E-state index contributed by atoms with van der Waals surface area (Å²) < 4.78 is 0. The number of rotatable bonds is 6. The Labute approximate surface area is 154 Å². The van der Waals surface area contributed by atoms with Crippen molar-refractivity contribution in [2.75, 3.05) is 22.9 Å². The second-order valence-corrected chi connectivity index (χ2v) is 6.19. The van der Waals surface area contributed by atoms with E-state index in [0.717, 1.165) is 11.3 Å². The van der Waals surface area contributed by atoms with Crippen LogP contribution in [0, 0.1) is 6.92 Å². The number of hydrogen-bond donors (Lipinski definition) is 0. The molecule has 0 aliphatic rings. The molecule has 2 aromatic rings. The Hall–Kier alpha value is -2.95. The molecule has 0 aliphatic heterocycles. The third kappa shape index (κ3) is 4.57. The summed E-state index contributed by atoms with van der Waals surface area (Å²) in [6.45, 7) is 7.24. The minimum atomic E-state index is -0.228. The van der Waals surface area contributed by atoms with Crippen molar-refractivity contribution in [3.05, 3.63) is 59.7 Å². The van der Waals surface area contributed by atoms with Crippen molar-refractivity contribution in [2.24, 2.45) is 0 Å². The number of aryl methyl sites for hydroxylation is 1. The maximum atomic E-state index is 12.8. The number of anilines is 2. The summed E-state index contributed by atoms with van der Waals surface area (Å²) in [4.78, 5) is 39.4. The number of carbonyl (C=O) groups excluding carboxylic acids is 3. The quantitative estimate of drug-likeness (QED) is 0.746. The number of benzene rings is 2. The standard InChI is InChI=1S/C21H24N2O3/c1-5-22(20-8-6-7-15(2)13-20)21(26)14-23(17(4)25)19-11-9-18(10-12-19)16(3)24/h6-13H,5,14H2,1-4H3. The maximum absolute atomic E-state index is 12.8. The topological polar surface area (TPSA) is 57.7 Å². The van der Waals surface area contributed by atoms with E-state index in [2.05, 4.69) is 0 Å². The summed E-state index contributed by atoms with van der Waals surface area (Å²) in [7, 11) is 0. The summed E-state index contributed by atoms with van der Waals surface area (Å²) >= 11 is 0. The normalized spacial score (nSPS) is 10.3. The molecule has 0 aliphatic carbocycles. The molecule has 2 rings (SSSR count). The van der Waals surface area contributed by atoms with E-state index in [4.69, 9.17) is 0 Å². The molecule has 0 spiro atoms. The van der Waals surface area contributed by atoms with Gasteiger partial charge in [-0.3, -0.25) is 14.4 Å². The highest BCUT2D eigenvalue weighted by molar-refractivity contribution is 6.03. The number of likely N-dealkylation sites (N-methyl/N-ethyl adjacent to an activating group) is 1. The molecule has 0 saturated carbocycles. The van der Waals surface area contributed by atoms with E-state index in [1.54, 1.807) is 29.2 Å². The van der Waals surface area contributed by atoms with Gasteiger partial charge in [-0.05, 0) is 62.7 Å². The fraction of sp³-hybridized carbons (Fsp3) is 0.286. The Bertz CT molecular complexity index is 812. The van der Waals surface area contributed by atoms with Crippen LogP contribution in [-0.4, -0.2) is 30.7 Å². The molecule has 136 valence electrons. The molecule has 0 unspecified atom stereocenters. The fourth-order valence-corrected chi connectivity index (χ4v) is 2.78. The van der Waals surface area contributed by atoms with Crippen molar-refractivity contribution in [1.82, 2.24) is 0 Å². The van der Waals surface area contributed by atoms with Gasteiger partial charge in [0, 0.05) is 30.4 Å². The molecule has 2 amide bonds. The van der Waals surface area contributed by atoms with Gasteiger partial charge in [0.25, 0.3) is 0 Å². The summed E-state index contributed by atoms with van der Waals surface area (Å²) in [6.07, 6.45) is 0. The minimum Gasteiger partial charge on any atom is -0.311 e. The van der Waals surface area contributed by atoms with Crippen molar-refractivity contribution in [1.29, 1.82) is 0 Å². The van der Waals surface area contributed by atoms with Crippen molar-refractivity contribution in [3.8, 4) is 0 Å². The highest BCUT2D eigenvalue weighted by atomic mass is 16.2. The lowest BCUT2D eigenvalue weighted by Crippen LogP contribution is -2.42. The lowest BCUT2D eigenvalue weighted by atomic mass is 10.1. The molecule has 26 heavy (non-hydrogen) atoms. The van der Waals surface area contributed by atoms with Crippen LogP contribution in [0.2, 0.25) is 0 Å². The highest BCUT2D eigenvalue weighted by Crippen LogP contribution is 2.19. The summed E-state index contributed by atoms with van der Waals surface area (Å²) in [6, 6.07) is 14.4. The first-order valence-electron chi connectivity index (χ1n) is 8.59. The zero-order valence-corrected chi connectivity index (χ0v) is 15.7. The molecule has 2 aromatic carbocycles. The third-order valence-corrected chi connectivity index (χ3v) is 4.19. The van der Waals surface area contributed by atoms with Gasteiger partial charge in [0.15, 0.2) is 5.78 Å². The highest BCUT2D eigenvalue weighted by Gasteiger charge is 2.21. The lowest BCUT2D eigenvalue weighted by molar-refractivity contribution is -0.121. The second-order valence-electron chi connectivity index (χ2n) is 6.19. The Morgan fingerprint density at radius 1 is 0.885 bits per heavy atom. The first kappa shape index (κ1) is 19.4. The minimum absolute atomic E-state index is 0.0430. The van der Waals surface area contributed by atoms with E-state index < -0.39 is 0 Å². The van der Waals surface area contributed by atoms with Gasteiger partial charge in [0.05, 0.1) is 0 Å². The number of nitrogens with zero attached hydrogens (tertiary/aromatic N) is 2. The lowest BCUT2D eigenvalue weighted by Gasteiger charge is -2.26. The van der Waals surface area contributed by atoms with E-state index >= 15 is 0 Å². The average Bonchev–Trinajstić information content (AvgIpc) is 2.60. The van der Waals surface area contributed by atoms with Crippen LogP contribution in [0.5, 0.6) is 0 Å². The molecule has 0 N–H and O–H groups in total. The molecule has 0 atom stereocenters. The van der Waals surface area contributed by atoms with Gasteiger partial charge < -0.3 is 9.80 Å². The van der Waals surface area contributed by atoms with E-state index in [-0.39, 0.29) is 24.1 Å². The number of carbonyl (C=O) groups is 3. The number of amides is 2. The molecule has 0 radical (unpaired) electrons. The van der Waals surface area contributed by atoms with Crippen LogP contribution in [0.25, 0.3) is 0 Å². The summed E-state index contributed by atoms with van der Waals surface area (Å²) in [5, 5.41) is 0. The van der Waals surface area contributed by atoms with Crippen molar-refractivity contribution in [2.45, 2.75) is 27.7 Å². The number of Topliss-reactive ketones (excluding diaryl/α,β-unsaturated/α-hetero) is 1. The van der Waals surface area contributed by atoms with E-state index in [9.17, 15) is 14.4 Å². The van der Waals surface area contributed by atoms with Crippen molar-refractivity contribution < 1.29 is 14.4 Å². The Morgan fingerprint density at radius 2 is 1.54 bits per heavy atom. The van der Waals surface area contributed by atoms with Gasteiger partial charge in [0.1, 0.15) is 6.54 Å². The Kier molecular flexibility index (Phi) is 6.28. The maximum Gasteiger partial charge on any atom is 0.247 e. The number of hydrogen-bond acceptors (Lipinski definition) is 3. The first-order chi connectivity index (χ1) is 12.3. The third-order valence-electron chi connectivity index (χ3n) is 4.19. The molecular formula is C21H24N2O3. The van der Waals surface area contributed by atoms with Crippen LogP contribution in [0.3, 0.4) is 0 Å². The molecule has 5 heteroatoms. The molecule has 0 fully saturated rings. The predicted octanol–water partition coefficient (Wildman–Crippen LogP) is 3.60. The molecular weight excluding hydrogens is 328 g/mol. The number of ketones is 1. The smallest absolute Gasteiger partial charge is 0.247 e. The van der Waals surface area contributed by atoms with Crippen LogP contribution in [0.1, 0.15) is 36.7 Å². The Morgan fingerprint density at radius 3 is 2.04 bits per heavy atom. The largest absolute Gasteiger partial charge is 0.311 e. The summed E-state index contributed by atoms with van der Waals surface area (Å²) in [5.74, 6) is -0.434. The molecule has 5 nitrogen and oxygen atoms in total. The predicted molar refractivity (Wildman–Crippen MR) is 104 cm³/mol. The van der Waals surface area contributed by atoms with E-state index in [0.29, 0.717) is 17.8 Å². The Balaban J connectivity index is 2.24. The van der Waals surface area contributed by atoms with E-state index in [1.165, 1.54) is 18.7 Å². The molecule has 0 heterocycles. The molecule has 0 saturated heterocycles. The van der Waals surface area contributed by atoms with Gasteiger partial charge >= 0.3 is 0 Å². The van der Waals surface area contributed by atoms with Crippen molar-refractivity contribution >= 4 is 29.0 Å². The van der Waals surface area contributed by atoms with Crippen LogP contribution in [0.15, 0.2) is 48.5 Å². The molecule has 0 bridgehead atoms. The van der Waals surface area contributed by atoms with Crippen LogP contribution in [0.4, 0.5) is 11.4 Å². The zero-order chi connectivity index (χ0) is 19.3. The van der Waals surface area contributed by atoms with Gasteiger partial charge in [-0.1, -0.05) is 12.1 Å². The van der Waals surface area contributed by atoms with Gasteiger partial charge in [-0.25, -0.2) is 0 Å². The van der Waals surface area contributed by atoms with E-state index in [1.807, 2.05) is 38.1 Å². The average molecular weight is 352 g/mol. The second kappa shape index (κ2) is 8.43. The molecule has 0 aromatic heterocycles.